The van der Waals surface area contributed by atoms with Crippen LogP contribution in [0.4, 0.5) is 0 Å². The second kappa shape index (κ2) is 6.82. The van der Waals surface area contributed by atoms with Gasteiger partial charge >= 0.3 is 0 Å². The van der Waals surface area contributed by atoms with Gasteiger partial charge in [0.1, 0.15) is 49.8 Å². The second-order valence-corrected chi connectivity index (χ2v) is 5.65. The van der Waals surface area contributed by atoms with Crippen LogP contribution in [0.15, 0.2) is 0 Å². The van der Waals surface area contributed by atoms with Crippen LogP contribution in [0.2, 0.25) is 0 Å². The third-order valence-corrected chi connectivity index (χ3v) is 4.13. The van der Waals surface area contributed by atoms with E-state index >= 15 is 0 Å². The van der Waals surface area contributed by atoms with Crippen molar-refractivity contribution in [2.24, 2.45) is 0 Å². The van der Waals surface area contributed by atoms with E-state index in [1.165, 1.54) is 0 Å². The van der Waals surface area contributed by atoms with Crippen LogP contribution in [0.1, 0.15) is 0 Å². The first-order valence-corrected chi connectivity index (χ1v) is 7.01. The van der Waals surface area contributed by atoms with Crippen molar-refractivity contribution in [3.8, 4) is 0 Å². The topological polar surface area (TPSA) is 190 Å². The van der Waals surface area contributed by atoms with Crippen molar-refractivity contribution in [2.45, 2.75) is 48.2 Å². The molecule has 0 aromatic carbocycles. The summed E-state index contributed by atoms with van der Waals surface area (Å²) in [7, 11) is 0. The van der Waals surface area contributed by atoms with Crippen molar-refractivity contribution in [3.63, 3.8) is 0 Å². The monoisotopic (exact) mass is 342 g/mol. The maximum atomic E-state index is 10.2. The molecule has 0 aliphatic carbocycles. The highest BCUT2D eigenvalue weighted by atomic mass is 16.8. The predicted octanol–water partition coefficient (Wildman–Crippen LogP) is -5.39. The van der Waals surface area contributed by atoms with Gasteiger partial charge in [0.05, 0.1) is 13.2 Å². The van der Waals surface area contributed by atoms with Crippen LogP contribution in [-0.4, -0.2) is 115 Å². The average molecular weight is 342 g/mol. The first kappa shape index (κ1) is 18.9. The number of hydrogen-bond acceptors (Lipinski definition) is 11. The van der Waals surface area contributed by atoms with Crippen LogP contribution in [0.25, 0.3) is 0 Å². The third-order valence-electron chi connectivity index (χ3n) is 4.13. The van der Waals surface area contributed by atoms with E-state index in [9.17, 15) is 30.6 Å². The fraction of sp³-hybridized carbons (Fsp3) is 1.00. The minimum atomic E-state index is -2.43. The molecule has 2 aliphatic heterocycles. The van der Waals surface area contributed by atoms with Crippen LogP contribution in [0.5, 0.6) is 0 Å². The quantitative estimate of drug-likeness (QED) is 0.230. The molecule has 8 atom stereocenters. The Balaban J connectivity index is 2.09. The van der Waals surface area contributed by atoms with Gasteiger partial charge in [0.2, 0.25) is 11.6 Å². The molecule has 11 heteroatoms. The molecule has 0 radical (unpaired) electrons. The second-order valence-electron chi connectivity index (χ2n) is 5.65. The summed E-state index contributed by atoms with van der Waals surface area (Å²) in [6.45, 7) is -3.11. The lowest BCUT2D eigenvalue weighted by Crippen LogP contribution is -2.54. The molecule has 0 bridgehead atoms. The van der Waals surface area contributed by atoms with E-state index in [4.69, 9.17) is 24.4 Å². The van der Waals surface area contributed by atoms with Crippen molar-refractivity contribution in [1.82, 2.24) is 0 Å². The van der Waals surface area contributed by atoms with Crippen molar-refractivity contribution in [3.05, 3.63) is 0 Å². The molecular formula is C12H22O11. The maximum Gasteiger partial charge on any atom is 0.221 e. The van der Waals surface area contributed by atoms with Crippen molar-refractivity contribution >= 4 is 0 Å². The Kier molecular flexibility index (Phi) is 5.60. The fourth-order valence-electron chi connectivity index (χ4n) is 2.66. The Labute approximate surface area is 130 Å². The molecule has 0 amide bonds. The molecular weight excluding hydrogens is 320 g/mol. The summed E-state index contributed by atoms with van der Waals surface area (Å²) >= 11 is 0. The standard InChI is InChI=1S/C12H22O11/c13-1-5-7(16)9(18)11(20,22-5)4-21-12(3-15)10(19)8(17)6(2-14)23-12/h5-10,13-20H,1-4H2/t5-,6-,7-,8-,9+,10+,11?,12?/m1/s1. The summed E-state index contributed by atoms with van der Waals surface area (Å²) in [6.07, 6.45) is -9.18. The fourth-order valence-corrected chi connectivity index (χ4v) is 2.66. The Bertz CT molecular complexity index is 408. The van der Waals surface area contributed by atoms with Gasteiger partial charge in [0.15, 0.2) is 0 Å². The average Bonchev–Trinajstić information content (AvgIpc) is 2.93. The molecule has 23 heavy (non-hydrogen) atoms. The highest BCUT2D eigenvalue weighted by molar-refractivity contribution is 4.99. The van der Waals surface area contributed by atoms with Gasteiger partial charge in [-0.3, -0.25) is 0 Å². The molecule has 136 valence electrons. The van der Waals surface area contributed by atoms with E-state index in [1.807, 2.05) is 0 Å². The predicted molar refractivity (Wildman–Crippen MR) is 68.7 cm³/mol. The highest BCUT2D eigenvalue weighted by Crippen LogP contribution is 2.35. The lowest BCUT2D eigenvalue weighted by Gasteiger charge is -2.34. The van der Waals surface area contributed by atoms with Crippen molar-refractivity contribution in [1.29, 1.82) is 0 Å². The lowest BCUT2D eigenvalue weighted by atomic mass is 10.0. The lowest BCUT2D eigenvalue weighted by molar-refractivity contribution is -0.328. The number of aliphatic hydroxyl groups is 8. The van der Waals surface area contributed by atoms with Crippen LogP contribution in [0.3, 0.4) is 0 Å². The SMILES string of the molecule is OC[C@H]1OC(O)(COC2(CO)O[C@H](CO)[C@@H](O)[C@@H]2O)[C@@H](O)[C@@H]1O. The number of aliphatic hydroxyl groups excluding tert-OH is 7. The van der Waals surface area contributed by atoms with Crippen LogP contribution in [-0.2, 0) is 14.2 Å². The molecule has 0 saturated carbocycles. The third kappa shape index (κ3) is 3.10. The number of rotatable bonds is 6. The van der Waals surface area contributed by atoms with E-state index in [2.05, 4.69) is 0 Å². The summed E-state index contributed by atoms with van der Waals surface area (Å²) in [6, 6.07) is 0. The van der Waals surface area contributed by atoms with Gasteiger partial charge in [0.25, 0.3) is 0 Å². The smallest absolute Gasteiger partial charge is 0.221 e. The first-order chi connectivity index (χ1) is 10.7. The molecule has 2 aliphatic rings. The molecule has 2 fully saturated rings. The summed E-state index contributed by atoms with van der Waals surface area (Å²) < 4.78 is 15.2. The van der Waals surface area contributed by atoms with Crippen LogP contribution >= 0.6 is 0 Å². The molecule has 8 N–H and O–H groups in total. The van der Waals surface area contributed by atoms with Gasteiger partial charge in [-0.25, -0.2) is 0 Å². The van der Waals surface area contributed by atoms with E-state index in [-0.39, 0.29) is 0 Å². The number of ether oxygens (including phenoxy) is 3. The van der Waals surface area contributed by atoms with Gasteiger partial charge in [-0.05, 0) is 0 Å². The van der Waals surface area contributed by atoms with Gasteiger partial charge in [-0.15, -0.1) is 0 Å². The summed E-state index contributed by atoms with van der Waals surface area (Å²) in [5.41, 5.74) is 0. The zero-order valence-electron chi connectivity index (χ0n) is 12.1. The molecule has 0 aromatic rings. The van der Waals surface area contributed by atoms with Gasteiger partial charge in [0, 0.05) is 0 Å². The molecule has 2 heterocycles. The molecule has 2 unspecified atom stereocenters. The minimum absolute atomic E-state index is 0.655. The number of hydrogen-bond donors (Lipinski definition) is 8. The van der Waals surface area contributed by atoms with Crippen LogP contribution in [0, 0.1) is 0 Å². The zero-order valence-corrected chi connectivity index (χ0v) is 12.1. The minimum Gasteiger partial charge on any atom is -0.394 e. The van der Waals surface area contributed by atoms with Gasteiger partial charge in [-0.1, -0.05) is 0 Å². The van der Waals surface area contributed by atoms with Gasteiger partial charge < -0.3 is 55.1 Å². The summed E-state index contributed by atoms with van der Waals surface area (Å²) in [5, 5.41) is 76.7. The van der Waals surface area contributed by atoms with Crippen LogP contribution < -0.4 is 0 Å². The molecule has 11 nitrogen and oxygen atoms in total. The van der Waals surface area contributed by atoms with Gasteiger partial charge in [-0.2, -0.15) is 0 Å². The Hall–Kier alpha value is -0.440. The molecule has 2 saturated heterocycles. The Morgan fingerprint density at radius 2 is 1.35 bits per heavy atom. The summed E-state index contributed by atoms with van der Waals surface area (Å²) in [4.78, 5) is 0. The molecule has 2 rings (SSSR count). The largest absolute Gasteiger partial charge is 0.394 e. The zero-order chi connectivity index (χ0) is 17.4. The molecule has 0 aromatic heterocycles. The van der Waals surface area contributed by atoms with Crippen molar-refractivity contribution < 1.29 is 55.1 Å². The first-order valence-electron chi connectivity index (χ1n) is 7.01. The maximum absolute atomic E-state index is 10.2. The highest BCUT2D eigenvalue weighted by Gasteiger charge is 2.59. The normalized spacial score (nSPS) is 50.6. The Morgan fingerprint density at radius 1 is 0.826 bits per heavy atom. The summed E-state index contributed by atoms with van der Waals surface area (Å²) in [5.74, 6) is -4.59. The van der Waals surface area contributed by atoms with E-state index in [0.29, 0.717) is 0 Å². The van der Waals surface area contributed by atoms with Crippen molar-refractivity contribution in [2.75, 3.05) is 26.4 Å². The molecule has 0 spiro atoms. The van der Waals surface area contributed by atoms with E-state index in [1.54, 1.807) is 0 Å². The Morgan fingerprint density at radius 3 is 1.78 bits per heavy atom. The van der Waals surface area contributed by atoms with E-state index < -0.39 is 74.6 Å². The van der Waals surface area contributed by atoms with E-state index in [0.717, 1.165) is 0 Å².